The molecule has 2 nitrogen and oxygen atoms in total. The number of nitrogens with zero attached hydrogens (tertiary/aromatic N) is 1. The van der Waals surface area contributed by atoms with Crippen LogP contribution in [0, 0.1) is 0 Å². The summed E-state index contributed by atoms with van der Waals surface area (Å²) in [6, 6.07) is 10.9. The van der Waals surface area contributed by atoms with Gasteiger partial charge in [-0.3, -0.25) is 0 Å². The number of H-pyrrole nitrogens is 1. The van der Waals surface area contributed by atoms with Crippen molar-refractivity contribution in [3.63, 3.8) is 0 Å². The third-order valence-electron chi connectivity index (χ3n) is 2.22. The maximum absolute atomic E-state index is 3.97. The van der Waals surface area contributed by atoms with Gasteiger partial charge < -0.3 is 0 Å². The Morgan fingerprint density at radius 3 is 2.25 bits per heavy atom. The van der Waals surface area contributed by atoms with E-state index >= 15 is 0 Å². The second-order valence-electron chi connectivity index (χ2n) is 4.92. The fourth-order valence-electron chi connectivity index (χ4n) is 1.58. The van der Waals surface area contributed by atoms with Crippen LogP contribution in [0.2, 0.25) is 3.43 Å². The standard InChI is InChI=1S/C9H7N2.C4H9.Sn/c1-2-4-8(5-3-1)9-6-7-10-11-9;1-4(2)3;/h2-7H,(H,10,11);1-3H3;. The molecular formula is C13H16N2Sn. The van der Waals surface area contributed by atoms with E-state index in [1.165, 1.54) is 5.56 Å². The number of benzene rings is 1. The average Bonchev–Trinajstić information content (AvgIpc) is 2.69. The molecule has 0 atom stereocenters. The number of hydrogen-bond donors (Lipinski definition) is 1. The Hall–Kier alpha value is -0.771. The normalized spacial score (nSPS) is 11.7. The third-order valence-corrected chi connectivity index (χ3v) is 6.13. The summed E-state index contributed by atoms with van der Waals surface area (Å²) in [6.45, 7) is 7.01. The van der Waals surface area contributed by atoms with Crippen molar-refractivity contribution < 1.29 is 0 Å². The van der Waals surface area contributed by atoms with Gasteiger partial charge in [0, 0.05) is 0 Å². The molecule has 3 heteroatoms. The van der Waals surface area contributed by atoms with Crippen LogP contribution in [-0.2, 0) is 0 Å². The molecule has 0 spiro atoms. The molecule has 0 saturated heterocycles. The quantitative estimate of drug-likeness (QED) is 0.847. The first-order valence-corrected chi connectivity index (χ1v) is 8.28. The van der Waals surface area contributed by atoms with Gasteiger partial charge in [-0.2, -0.15) is 0 Å². The molecule has 16 heavy (non-hydrogen) atoms. The van der Waals surface area contributed by atoms with Crippen molar-refractivity contribution in [2.24, 2.45) is 0 Å². The molecule has 1 aromatic carbocycles. The molecule has 0 bridgehead atoms. The van der Waals surface area contributed by atoms with Crippen LogP contribution >= 0.6 is 0 Å². The predicted octanol–water partition coefficient (Wildman–Crippen LogP) is 2.62. The number of aromatic amines is 1. The van der Waals surface area contributed by atoms with Crippen molar-refractivity contribution in [2.75, 3.05) is 0 Å². The van der Waals surface area contributed by atoms with Crippen molar-refractivity contribution >= 4 is 24.7 Å². The molecule has 0 unspecified atom stereocenters. The van der Waals surface area contributed by atoms with Crippen LogP contribution in [0.25, 0.3) is 11.3 Å². The first kappa shape index (κ1) is 11.7. The summed E-state index contributed by atoms with van der Waals surface area (Å²) in [6.07, 6.45) is 1.79. The van der Waals surface area contributed by atoms with E-state index in [-0.39, 0.29) is 0 Å². The molecule has 2 aromatic rings. The van der Waals surface area contributed by atoms with Crippen molar-refractivity contribution in [1.82, 2.24) is 10.2 Å². The number of hydrogen-bond acceptors (Lipinski definition) is 1. The van der Waals surface area contributed by atoms with Crippen LogP contribution in [0.5, 0.6) is 0 Å². The average molecular weight is 319 g/mol. The molecule has 0 saturated carbocycles. The minimum atomic E-state index is -0.470. The van der Waals surface area contributed by atoms with Crippen LogP contribution in [0.1, 0.15) is 20.8 Å². The van der Waals surface area contributed by atoms with Crippen molar-refractivity contribution in [3.8, 4) is 11.3 Å². The van der Waals surface area contributed by atoms with Gasteiger partial charge in [0.1, 0.15) is 0 Å². The molecule has 0 aliphatic heterocycles. The summed E-state index contributed by atoms with van der Waals surface area (Å²) in [4.78, 5) is 0. The second kappa shape index (κ2) is 4.61. The zero-order valence-corrected chi connectivity index (χ0v) is 12.8. The van der Waals surface area contributed by atoms with Crippen LogP contribution in [0.15, 0.2) is 36.5 Å². The third kappa shape index (κ3) is 3.11. The van der Waals surface area contributed by atoms with Gasteiger partial charge in [-0.25, -0.2) is 0 Å². The van der Waals surface area contributed by atoms with Crippen LogP contribution in [0.4, 0.5) is 0 Å². The van der Waals surface area contributed by atoms with E-state index in [1.54, 1.807) is 9.78 Å². The Morgan fingerprint density at radius 2 is 1.75 bits per heavy atom. The molecule has 0 aliphatic rings. The van der Waals surface area contributed by atoms with Gasteiger partial charge in [0.2, 0.25) is 0 Å². The first-order chi connectivity index (χ1) is 7.54. The Kier molecular flexibility index (Phi) is 3.38. The van der Waals surface area contributed by atoms with E-state index < -0.39 is 21.1 Å². The molecule has 2 rings (SSSR count). The number of rotatable bonds is 2. The Labute approximate surface area is 107 Å². The molecule has 0 fully saturated rings. The number of aromatic nitrogens is 2. The van der Waals surface area contributed by atoms with Crippen LogP contribution in [-0.4, -0.2) is 31.3 Å². The van der Waals surface area contributed by atoms with Gasteiger partial charge >= 0.3 is 107 Å². The molecule has 1 N–H and O–H groups in total. The van der Waals surface area contributed by atoms with E-state index in [2.05, 4.69) is 55.2 Å². The monoisotopic (exact) mass is 320 g/mol. The first-order valence-electron chi connectivity index (χ1n) is 5.43. The molecule has 2 radical (unpaired) electrons. The Bertz CT molecular complexity index is 438. The van der Waals surface area contributed by atoms with Crippen molar-refractivity contribution in [2.45, 2.75) is 24.2 Å². The Morgan fingerprint density at radius 1 is 1.06 bits per heavy atom. The van der Waals surface area contributed by atoms with Crippen molar-refractivity contribution in [3.05, 3.63) is 36.5 Å². The summed E-state index contributed by atoms with van der Waals surface area (Å²) < 4.78 is 2.07. The fourth-order valence-corrected chi connectivity index (χ4v) is 5.01. The summed E-state index contributed by atoms with van der Waals surface area (Å²) in [5.74, 6) is 0. The van der Waals surface area contributed by atoms with Gasteiger partial charge in [0.05, 0.1) is 0 Å². The molecule has 82 valence electrons. The van der Waals surface area contributed by atoms with E-state index in [0.717, 1.165) is 5.69 Å². The number of nitrogens with one attached hydrogen (secondary N) is 1. The zero-order chi connectivity index (χ0) is 11.6. The predicted molar refractivity (Wildman–Crippen MR) is 69.1 cm³/mol. The van der Waals surface area contributed by atoms with E-state index in [9.17, 15) is 0 Å². The maximum atomic E-state index is 3.97. The summed E-state index contributed by atoms with van der Waals surface area (Å²) in [5, 5.41) is 6.95. The van der Waals surface area contributed by atoms with E-state index in [1.807, 2.05) is 6.07 Å². The summed E-state index contributed by atoms with van der Waals surface area (Å²) in [7, 11) is 0. The van der Waals surface area contributed by atoms with Crippen LogP contribution in [0.3, 0.4) is 0 Å². The van der Waals surface area contributed by atoms with Gasteiger partial charge in [-0.15, -0.1) is 0 Å². The van der Waals surface area contributed by atoms with Gasteiger partial charge in [-0.1, -0.05) is 0 Å². The molecule has 1 aromatic heterocycles. The zero-order valence-electron chi connectivity index (χ0n) is 9.91. The molecule has 0 amide bonds. The van der Waals surface area contributed by atoms with Gasteiger partial charge in [0.25, 0.3) is 0 Å². The van der Waals surface area contributed by atoms with Gasteiger partial charge in [0.15, 0.2) is 0 Å². The van der Waals surface area contributed by atoms with E-state index in [4.69, 9.17) is 0 Å². The van der Waals surface area contributed by atoms with Crippen molar-refractivity contribution in [1.29, 1.82) is 0 Å². The molecule has 1 heterocycles. The molecule has 0 aliphatic carbocycles. The Balaban J connectivity index is 2.17. The summed E-state index contributed by atoms with van der Waals surface area (Å²) in [5.41, 5.74) is 2.31. The summed E-state index contributed by atoms with van der Waals surface area (Å²) >= 11 is -0.470. The van der Waals surface area contributed by atoms with Gasteiger partial charge in [-0.05, 0) is 0 Å². The second-order valence-corrected chi connectivity index (χ2v) is 11.6. The van der Waals surface area contributed by atoms with Crippen LogP contribution < -0.4 is 3.58 Å². The van der Waals surface area contributed by atoms with E-state index in [0.29, 0.717) is 3.43 Å². The fraction of sp³-hybridized carbons (Fsp3) is 0.308. The minimum absolute atomic E-state index is 0.470. The topological polar surface area (TPSA) is 28.7 Å². The SMILES string of the molecule is C[C](C)(C)[Sn][c]1ccc(-c2ccn[nH]2)cc1. The molecular weight excluding hydrogens is 303 g/mol.